The Balaban J connectivity index is 2.04. The highest BCUT2D eigenvalue weighted by Gasteiger charge is 2.17. The Morgan fingerprint density at radius 3 is 2.54 bits per heavy atom. The summed E-state index contributed by atoms with van der Waals surface area (Å²) < 4.78 is 0. The number of fused-ring (bicyclic) bond motifs is 1. The average molecular weight is 351 g/mol. The topological polar surface area (TPSA) is 126 Å². The van der Waals surface area contributed by atoms with Gasteiger partial charge in [0, 0.05) is 17.4 Å². The van der Waals surface area contributed by atoms with E-state index in [1.807, 2.05) is 30.3 Å². The zero-order valence-corrected chi connectivity index (χ0v) is 14.4. The van der Waals surface area contributed by atoms with Gasteiger partial charge in [-0.1, -0.05) is 37.3 Å². The monoisotopic (exact) mass is 351 g/mol. The zero-order valence-electron chi connectivity index (χ0n) is 14.4. The molecular weight excluding hydrogens is 330 g/mol. The zero-order chi connectivity index (χ0) is 18.7. The van der Waals surface area contributed by atoms with E-state index >= 15 is 0 Å². The van der Waals surface area contributed by atoms with Gasteiger partial charge < -0.3 is 21.8 Å². The summed E-state index contributed by atoms with van der Waals surface area (Å²) in [4.78, 5) is 26.0. The van der Waals surface area contributed by atoms with Crippen molar-refractivity contribution in [2.75, 3.05) is 11.9 Å². The number of aromatic nitrogens is 1. The summed E-state index contributed by atoms with van der Waals surface area (Å²) >= 11 is 0. The number of hydrogen-bond acceptors (Lipinski definition) is 3. The van der Waals surface area contributed by atoms with Crippen LogP contribution >= 0.6 is 0 Å². The number of primary amides is 2. The number of carbonyl (C=O) groups is 2. The van der Waals surface area contributed by atoms with Gasteiger partial charge >= 0.3 is 6.03 Å². The maximum absolute atomic E-state index is 11.8. The second kappa shape index (κ2) is 7.28. The normalized spacial score (nSPS) is 10.8. The molecule has 26 heavy (non-hydrogen) atoms. The summed E-state index contributed by atoms with van der Waals surface area (Å²) in [5, 5.41) is 6.35. The lowest BCUT2D eigenvalue weighted by Crippen LogP contribution is -2.22. The van der Waals surface area contributed by atoms with Crippen molar-refractivity contribution in [3.8, 4) is 11.1 Å². The molecule has 0 spiro atoms. The fourth-order valence-corrected chi connectivity index (χ4v) is 2.98. The molecule has 0 fully saturated rings. The molecule has 7 nitrogen and oxygen atoms in total. The summed E-state index contributed by atoms with van der Waals surface area (Å²) in [7, 11) is 0. The summed E-state index contributed by atoms with van der Waals surface area (Å²) in [6.45, 7) is 3.77. The van der Waals surface area contributed by atoms with E-state index < -0.39 is 11.9 Å². The number of rotatable bonds is 6. The minimum Gasteiger partial charge on any atom is -0.365 e. The summed E-state index contributed by atoms with van der Waals surface area (Å²) in [6, 6.07) is 13.1. The SMILES string of the molecule is CCNCc1cccc(-c2ccc3c(C(N)=O)c(NC(N)=O)[nH]c3c2)c1. The predicted octanol–water partition coefficient (Wildman–Crippen LogP) is 2.53. The van der Waals surface area contributed by atoms with Crippen molar-refractivity contribution in [2.45, 2.75) is 13.5 Å². The van der Waals surface area contributed by atoms with Crippen molar-refractivity contribution in [3.05, 3.63) is 53.6 Å². The van der Waals surface area contributed by atoms with Crippen LogP contribution in [0.1, 0.15) is 22.8 Å². The first-order valence-corrected chi connectivity index (χ1v) is 8.31. The fraction of sp³-hybridized carbons (Fsp3) is 0.158. The van der Waals surface area contributed by atoms with Crippen LogP contribution in [0.4, 0.5) is 10.6 Å². The Morgan fingerprint density at radius 1 is 1.08 bits per heavy atom. The van der Waals surface area contributed by atoms with Gasteiger partial charge in [-0.25, -0.2) is 4.79 Å². The number of amides is 3. The molecule has 2 aromatic carbocycles. The molecule has 134 valence electrons. The highest BCUT2D eigenvalue weighted by Crippen LogP contribution is 2.30. The van der Waals surface area contributed by atoms with Gasteiger partial charge in [0.05, 0.1) is 5.56 Å². The fourth-order valence-electron chi connectivity index (χ4n) is 2.98. The maximum Gasteiger partial charge on any atom is 0.317 e. The molecule has 3 amide bonds. The van der Waals surface area contributed by atoms with Crippen LogP contribution in [0.5, 0.6) is 0 Å². The van der Waals surface area contributed by atoms with Gasteiger partial charge in [0.1, 0.15) is 5.82 Å². The molecule has 3 aromatic rings. The molecule has 0 saturated carbocycles. The van der Waals surface area contributed by atoms with E-state index in [9.17, 15) is 9.59 Å². The van der Waals surface area contributed by atoms with Crippen LogP contribution in [0.3, 0.4) is 0 Å². The van der Waals surface area contributed by atoms with Crippen molar-refractivity contribution >= 4 is 28.7 Å². The second-order valence-corrected chi connectivity index (χ2v) is 5.97. The molecule has 0 bridgehead atoms. The molecule has 0 atom stereocenters. The third kappa shape index (κ3) is 3.52. The molecule has 0 radical (unpaired) electrons. The van der Waals surface area contributed by atoms with E-state index in [4.69, 9.17) is 11.5 Å². The highest BCUT2D eigenvalue weighted by atomic mass is 16.2. The Bertz CT molecular complexity index is 977. The van der Waals surface area contributed by atoms with Gasteiger partial charge in [0.2, 0.25) is 0 Å². The van der Waals surface area contributed by atoms with Crippen molar-refractivity contribution < 1.29 is 9.59 Å². The first kappa shape index (κ1) is 17.5. The average Bonchev–Trinajstić information content (AvgIpc) is 2.96. The summed E-state index contributed by atoms with van der Waals surface area (Å²) in [6.07, 6.45) is 0. The quantitative estimate of drug-likeness (QED) is 0.468. The first-order chi connectivity index (χ1) is 12.5. The molecule has 0 aliphatic carbocycles. The predicted molar refractivity (Wildman–Crippen MR) is 103 cm³/mol. The number of urea groups is 1. The van der Waals surface area contributed by atoms with Crippen molar-refractivity contribution in [2.24, 2.45) is 11.5 Å². The van der Waals surface area contributed by atoms with Gasteiger partial charge in [0.15, 0.2) is 0 Å². The van der Waals surface area contributed by atoms with E-state index in [0.717, 1.165) is 24.2 Å². The smallest absolute Gasteiger partial charge is 0.317 e. The lowest BCUT2D eigenvalue weighted by Gasteiger charge is -2.06. The van der Waals surface area contributed by atoms with Gasteiger partial charge in [0.25, 0.3) is 5.91 Å². The molecule has 0 aliphatic rings. The van der Waals surface area contributed by atoms with Crippen molar-refractivity contribution in [1.82, 2.24) is 10.3 Å². The standard InChI is InChI=1S/C19H21N5O2/c1-2-22-10-11-4-3-5-12(8-11)13-6-7-14-15(9-13)23-18(24-19(21)26)16(14)17(20)25/h3-9,22-23H,2,10H2,1H3,(H2,20,25)(H3,21,24,26). The molecule has 1 aromatic heterocycles. The lowest BCUT2D eigenvalue weighted by atomic mass is 10.0. The minimum absolute atomic E-state index is 0.207. The second-order valence-electron chi connectivity index (χ2n) is 5.97. The number of nitrogens with one attached hydrogen (secondary N) is 3. The van der Waals surface area contributed by atoms with E-state index in [-0.39, 0.29) is 11.4 Å². The van der Waals surface area contributed by atoms with E-state index in [2.05, 4.69) is 34.7 Å². The molecular formula is C19H21N5O2. The molecule has 0 saturated heterocycles. The number of carbonyl (C=O) groups excluding carboxylic acids is 2. The Hall–Kier alpha value is -3.32. The third-order valence-corrected chi connectivity index (χ3v) is 4.13. The van der Waals surface area contributed by atoms with Gasteiger partial charge in [-0.2, -0.15) is 0 Å². The highest BCUT2D eigenvalue weighted by molar-refractivity contribution is 6.13. The van der Waals surface area contributed by atoms with Crippen LogP contribution in [-0.2, 0) is 6.54 Å². The van der Waals surface area contributed by atoms with E-state index in [1.54, 1.807) is 0 Å². The number of hydrogen-bond donors (Lipinski definition) is 5. The molecule has 3 rings (SSSR count). The van der Waals surface area contributed by atoms with Crippen LogP contribution in [0, 0.1) is 0 Å². The number of H-pyrrole nitrogens is 1. The number of aromatic amines is 1. The first-order valence-electron chi connectivity index (χ1n) is 8.31. The Kier molecular flexibility index (Phi) is 4.90. The number of anilines is 1. The van der Waals surface area contributed by atoms with Crippen LogP contribution < -0.4 is 22.1 Å². The lowest BCUT2D eigenvalue weighted by molar-refractivity contribution is 0.100. The summed E-state index contributed by atoms with van der Waals surface area (Å²) in [5.74, 6) is -0.432. The van der Waals surface area contributed by atoms with Crippen molar-refractivity contribution in [3.63, 3.8) is 0 Å². The van der Waals surface area contributed by atoms with Crippen molar-refractivity contribution in [1.29, 1.82) is 0 Å². The molecule has 0 aliphatic heterocycles. The van der Waals surface area contributed by atoms with Gasteiger partial charge in [-0.15, -0.1) is 0 Å². The van der Waals surface area contributed by atoms with Crippen LogP contribution in [0.25, 0.3) is 22.0 Å². The summed E-state index contributed by atoms with van der Waals surface area (Å²) in [5.41, 5.74) is 14.8. The molecule has 7 heteroatoms. The minimum atomic E-state index is -0.768. The molecule has 7 N–H and O–H groups in total. The number of benzene rings is 2. The largest absolute Gasteiger partial charge is 0.365 e. The van der Waals surface area contributed by atoms with E-state index in [1.165, 1.54) is 5.56 Å². The Morgan fingerprint density at radius 2 is 1.85 bits per heavy atom. The molecule has 0 unspecified atom stereocenters. The maximum atomic E-state index is 11.8. The van der Waals surface area contributed by atoms with Crippen LogP contribution in [0.2, 0.25) is 0 Å². The van der Waals surface area contributed by atoms with Gasteiger partial charge in [-0.05, 0) is 35.4 Å². The van der Waals surface area contributed by atoms with Gasteiger partial charge in [-0.3, -0.25) is 10.1 Å². The Labute approximate surface area is 150 Å². The third-order valence-electron chi connectivity index (χ3n) is 4.13. The molecule has 1 heterocycles. The van der Waals surface area contributed by atoms with Crippen LogP contribution in [0.15, 0.2) is 42.5 Å². The van der Waals surface area contributed by atoms with E-state index in [0.29, 0.717) is 10.9 Å². The number of nitrogens with two attached hydrogens (primary N) is 2. The van der Waals surface area contributed by atoms with Crippen LogP contribution in [-0.4, -0.2) is 23.5 Å².